The van der Waals surface area contributed by atoms with Crippen molar-refractivity contribution in [2.24, 2.45) is 7.05 Å². The lowest BCUT2D eigenvalue weighted by Crippen LogP contribution is -2.32. The number of halogens is 3. The lowest BCUT2D eigenvalue weighted by atomic mass is 10.1. The summed E-state index contributed by atoms with van der Waals surface area (Å²) in [6.45, 7) is 1.03. The van der Waals surface area contributed by atoms with Gasteiger partial charge in [0, 0.05) is 31.1 Å². The number of fused-ring (bicyclic) bond motifs is 2. The van der Waals surface area contributed by atoms with Crippen LogP contribution in [0, 0.1) is 0 Å². The second kappa shape index (κ2) is 5.19. The Morgan fingerprint density at radius 2 is 1.92 bits per heavy atom. The van der Waals surface area contributed by atoms with E-state index in [-0.39, 0.29) is 0 Å². The van der Waals surface area contributed by atoms with Crippen LogP contribution in [0.1, 0.15) is 17.2 Å². The number of alkyl halides is 3. The van der Waals surface area contributed by atoms with Crippen LogP contribution in [-0.4, -0.2) is 26.1 Å². The maximum absolute atomic E-state index is 13.1. The molecule has 0 radical (unpaired) electrons. The first-order chi connectivity index (χ1) is 11.4. The van der Waals surface area contributed by atoms with Crippen molar-refractivity contribution in [1.29, 1.82) is 0 Å². The van der Waals surface area contributed by atoms with E-state index in [4.69, 9.17) is 0 Å². The van der Waals surface area contributed by atoms with E-state index in [0.29, 0.717) is 36.2 Å². The van der Waals surface area contributed by atoms with Crippen molar-refractivity contribution in [3.05, 3.63) is 47.8 Å². The molecule has 1 aliphatic rings. The third-order valence-corrected chi connectivity index (χ3v) is 4.24. The highest BCUT2D eigenvalue weighted by molar-refractivity contribution is 5.89. The smallest absolute Gasteiger partial charge is 0.350 e. The monoisotopic (exact) mass is 333 g/mol. The molecule has 124 valence electrons. The van der Waals surface area contributed by atoms with Crippen LogP contribution in [-0.2, 0) is 26.2 Å². The van der Waals surface area contributed by atoms with Crippen LogP contribution in [0.5, 0.6) is 0 Å². The maximum Gasteiger partial charge on any atom is 0.451 e. The van der Waals surface area contributed by atoms with Crippen molar-refractivity contribution in [3.63, 3.8) is 0 Å². The number of hydrogen-bond acceptors (Lipinski definition) is 4. The van der Waals surface area contributed by atoms with E-state index in [1.807, 2.05) is 16.5 Å². The molecule has 8 heteroatoms. The molecule has 3 heterocycles. The number of benzene rings is 1. The van der Waals surface area contributed by atoms with Crippen molar-refractivity contribution >= 4 is 16.7 Å². The van der Waals surface area contributed by atoms with Crippen molar-refractivity contribution < 1.29 is 13.2 Å². The lowest BCUT2D eigenvalue weighted by molar-refractivity contribution is -0.144. The van der Waals surface area contributed by atoms with Crippen LogP contribution in [0.4, 0.5) is 19.0 Å². The van der Waals surface area contributed by atoms with Gasteiger partial charge in [-0.05, 0) is 12.1 Å². The third-order valence-electron chi connectivity index (χ3n) is 4.24. The van der Waals surface area contributed by atoms with Gasteiger partial charge in [0.05, 0.1) is 24.1 Å². The molecule has 0 bridgehead atoms. The van der Waals surface area contributed by atoms with E-state index in [9.17, 15) is 13.2 Å². The minimum absolute atomic E-state index is 0.293. The Balaban J connectivity index is 1.84. The van der Waals surface area contributed by atoms with Gasteiger partial charge in [0.15, 0.2) is 0 Å². The fourth-order valence-corrected chi connectivity index (χ4v) is 3.07. The summed E-state index contributed by atoms with van der Waals surface area (Å²) < 4.78 is 41.4. The fourth-order valence-electron chi connectivity index (χ4n) is 3.07. The third kappa shape index (κ3) is 2.38. The number of nitrogens with zero attached hydrogens (tertiary/aromatic N) is 5. The van der Waals surface area contributed by atoms with E-state index in [2.05, 4.69) is 15.0 Å². The molecule has 1 aromatic carbocycles. The van der Waals surface area contributed by atoms with Gasteiger partial charge in [-0.1, -0.05) is 12.1 Å². The number of aryl methyl sites for hydroxylation is 1. The molecule has 0 atom stereocenters. The lowest BCUT2D eigenvalue weighted by Gasteiger charge is -2.29. The highest BCUT2D eigenvalue weighted by Crippen LogP contribution is 2.33. The van der Waals surface area contributed by atoms with Gasteiger partial charge in [0.2, 0.25) is 5.82 Å². The quantitative estimate of drug-likeness (QED) is 0.687. The van der Waals surface area contributed by atoms with Crippen LogP contribution in [0.3, 0.4) is 0 Å². The van der Waals surface area contributed by atoms with Crippen LogP contribution in [0.15, 0.2) is 30.6 Å². The van der Waals surface area contributed by atoms with Crippen LogP contribution in [0.2, 0.25) is 0 Å². The zero-order valence-corrected chi connectivity index (χ0v) is 12.9. The summed E-state index contributed by atoms with van der Waals surface area (Å²) in [5.74, 6) is -0.799. The Morgan fingerprint density at radius 1 is 1.12 bits per heavy atom. The highest BCUT2D eigenvalue weighted by Gasteiger charge is 2.36. The molecule has 24 heavy (non-hydrogen) atoms. The van der Waals surface area contributed by atoms with Gasteiger partial charge in [-0.2, -0.15) is 13.2 Å². The number of aromatic nitrogens is 4. The van der Waals surface area contributed by atoms with Crippen molar-refractivity contribution in [3.8, 4) is 0 Å². The topological polar surface area (TPSA) is 46.8 Å². The summed E-state index contributed by atoms with van der Waals surface area (Å²) in [5.41, 5.74) is 2.28. The number of hydrogen-bond donors (Lipinski definition) is 0. The number of para-hydroxylation sites is 1. The molecule has 0 fully saturated rings. The zero-order valence-electron chi connectivity index (χ0n) is 12.9. The van der Waals surface area contributed by atoms with E-state index < -0.39 is 12.0 Å². The number of anilines is 1. The van der Waals surface area contributed by atoms with Crippen LogP contribution < -0.4 is 4.90 Å². The average molecular weight is 333 g/mol. The Morgan fingerprint density at radius 3 is 2.71 bits per heavy atom. The fraction of sp³-hybridized carbons (Fsp3) is 0.312. The van der Waals surface area contributed by atoms with Crippen molar-refractivity contribution in [2.75, 3.05) is 11.4 Å². The SMILES string of the molecule is Cn1cnc2c1CCN(c1nc(C(F)(F)F)nc3ccccc13)C2. The summed E-state index contributed by atoms with van der Waals surface area (Å²) in [5, 5.41) is 0.616. The van der Waals surface area contributed by atoms with Gasteiger partial charge < -0.3 is 9.47 Å². The Bertz CT molecular complexity index is 916. The normalized spacial score (nSPS) is 14.9. The molecule has 4 rings (SSSR count). The first-order valence-electron chi connectivity index (χ1n) is 7.51. The van der Waals surface area contributed by atoms with Crippen LogP contribution >= 0.6 is 0 Å². The Hall–Kier alpha value is -2.64. The minimum atomic E-state index is -4.58. The maximum atomic E-state index is 13.1. The van der Waals surface area contributed by atoms with E-state index in [1.54, 1.807) is 30.6 Å². The molecular formula is C16H14F3N5. The van der Waals surface area contributed by atoms with E-state index in [1.165, 1.54) is 0 Å². The second-order valence-electron chi connectivity index (χ2n) is 5.81. The molecule has 5 nitrogen and oxygen atoms in total. The zero-order chi connectivity index (χ0) is 16.9. The molecule has 0 saturated heterocycles. The first-order valence-corrected chi connectivity index (χ1v) is 7.51. The predicted octanol–water partition coefficient (Wildman–Crippen LogP) is 2.94. The van der Waals surface area contributed by atoms with E-state index in [0.717, 1.165) is 11.4 Å². The summed E-state index contributed by atoms with van der Waals surface area (Å²) in [6, 6.07) is 6.77. The minimum Gasteiger partial charge on any atom is -0.350 e. The average Bonchev–Trinajstić information content (AvgIpc) is 2.93. The molecule has 0 amide bonds. The molecule has 0 spiro atoms. The van der Waals surface area contributed by atoms with Crippen molar-refractivity contribution in [2.45, 2.75) is 19.1 Å². The van der Waals surface area contributed by atoms with Gasteiger partial charge in [0.1, 0.15) is 5.82 Å². The first kappa shape index (κ1) is 14.9. The standard InChI is InChI=1S/C16H14F3N5/c1-23-9-20-12-8-24(7-6-13(12)23)14-10-4-2-3-5-11(10)21-15(22-14)16(17,18)19/h2-5,9H,6-8H2,1H3. The second-order valence-corrected chi connectivity index (χ2v) is 5.81. The number of rotatable bonds is 1. The molecule has 2 aromatic heterocycles. The van der Waals surface area contributed by atoms with Gasteiger partial charge in [0.25, 0.3) is 0 Å². The molecular weight excluding hydrogens is 319 g/mol. The molecule has 0 unspecified atom stereocenters. The summed E-state index contributed by atoms with van der Waals surface area (Å²) in [4.78, 5) is 13.7. The van der Waals surface area contributed by atoms with Gasteiger partial charge >= 0.3 is 6.18 Å². The summed E-state index contributed by atoms with van der Waals surface area (Å²) in [6.07, 6.45) is -2.14. The van der Waals surface area contributed by atoms with E-state index >= 15 is 0 Å². The molecule has 1 aliphatic heterocycles. The van der Waals surface area contributed by atoms with Gasteiger partial charge in [-0.25, -0.2) is 15.0 Å². The highest BCUT2D eigenvalue weighted by atomic mass is 19.4. The predicted molar refractivity (Wildman–Crippen MR) is 82.5 cm³/mol. The Labute approximate surface area is 135 Å². The van der Waals surface area contributed by atoms with Gasteiger partial charge in [-0.3, -0.25) is 0 Å². The largest absolute Gasteiger partial charge is 0.451 e. The summed E-state index contributed by atoms with van der Waals surface area (Å²) in [7, 11) is 1.92. The molecule has 0 saturated carbocycles. The van der Waals surface area contributed by atoms with Crippen molar-refractivity contribution in [1.82, 2.24) is 19.5 Å². The molecule has 3 aromatic rings. The van der Waals surface area contributed by atoms with Crippen LogP contribution in [0.25, 0.3) is 10.9 Å². The Kier molecular flexibility index (Phi) is 3.22. The number of imidazole rings is 1. The molecule has 0 aliphatic carbocycles. The molecule has 0 N–H and O–H groups in total. The van der Waals surface area contributed by atoms with Gasteiger partial charge in [-0.15, -0.1) is 0 Å². The summed E-state index contributed by atoms with van der Waals surface area (Å²) >= 11 is 0.